The lowest BCUT2D eigenvalue weighted by Crippen LogP contribution is -2.35. The van der Waals surface area contributed by atoms with Crippen LogP contribution in [0.2, 0.25) is 0 Å². The Hall–Kier alpha value is -0.0800. The first-order valence-corrected chi connectivity index (χ1v) is 5.41. The summed E-state index contributed by atoms with van der Waals surface area (Å²) in [4.78, 5) is 0. The Morgan fingerprint density at radius 3 is 1.77 bits per heavy atom. The summed E-state index contributed by atoms with van der Waals surface area (Å²) >= 11 is 0. The fourth-order valence-corrected chi connectivity index (χ4v) is 0.960. The Bertz CT molecular complexity index is 107. The van der Waals surface area contributed by atoms with Gasteiger partial charge in [0.15, 0.2) is 0 Å². The van der Waals surface area contributed by atoms with Crippen LogP contribution in [0.25, 0.3) is 0 Å². The quantitative estimate of drug-likeness (QED) is 0.664. The van der Waals surface area contributed by atoms with Gasteiger partial charge in [-0.25, -0.2) is 0 Å². The zero-order valence-electron chi connectivity index (χ0n) is 9.80. The third-order valence-corrected chi connectivity index (χ3v) is 2.97. The minimum absolute atomic E-state index is 0.293. The van der Waals surface area contributed by atoms with Crippen LogP contribution in [-0.2, 0) is 0 Å². The van der Waals surface area contributed by atoms with Crippen molar-refractivity contribution in [1.29, 1.82) is 0 Å². The van der Waals surface area contributed by atoms with E-state index in [2.05, 4.69) is 39.9 Å². The van der Waals surface area contributed by atoms with Crippen LogP contribution >= 0.6 is 0 Å². The van der Waals surface area contributed by atoms with Gasteiger partial charge in [-0.05, 0) is 37.8 Å². The number of hydrogen-bond acceptors (Lipinski definition) is 2. The smallest absolute Gasteiger partial charge is 0.00482 e. The van der Waals surface area contributed by atoms with Crippen molar-refractivity contribution in [1.82, 2.24) is 5.32 Å². The number of nitrogens with one attached hydrogen (secondary N) is 1. The molecule has 0 fully saturated rings. The zero-order valence-corrected chi connectivity index (χ0v) is 9.80. The van der Waals surface area contributed by atoms with Gasteiger partial charge >= 0.3 is 0 Å². The van der Waals surface area contributed by atoms with Crippen LogP contribution in [0, 0.1) is 17.8 Å². The first kappa shape index (κ1) is 12.9. The molecular formula is C11H26N2. The Labute approximate surface area is 83.3 Å². The van der Waals surface area contributed by atoms with E-state index in [1.54, 1.807) is 0 Å². The molecule has 0 saturated carbocycles. The fourth-order valence-electron chi connectivity index (χ4n) is 0.960. The largest absolute Gasteiger partial charge is 0.328 e. The van der Waals surface area contributed by atoms with Crippen LogP contribution in [0.3, 0.4) is 0 Å². The van der Waals surface area contributed by atoms with Gasteiger partial charge < -0.3 is 11.1 Å². The zero-order chi connectivity index (χ0) is 10.4. The molecule has 0 aromatic rings. The van der Waals surface area contributed by atoms with Crippen molar-refractivity contribution in [3.8, 4) is 0 Å². The van der Waals surface area contributed by atoms with Gasteiger partial charge in [-0.1, -0.05) is 27.7 Å². The molecule has 0 aromatic carbocycles. The lowest BCUT2D eigenvalue weighted by molar-refractivity contribution is 0.366. The predicted octanol–water partition coefficient (Wildman–Crippen LogP) is 1.85. The topological polar surface area (TPSA) is 38.0 Å². The third-order valence-electron chi connectivity index (χ3n) is 2.97. The van der Waals surface area contributed by atoms with Gasteiger partial charge in [0.05, 0.1) is 0 Å². The maximum Gasteiger partial charge on any atom is 0.00482 e. The highest BCUT2D eigenvalue weighted by Crippen LogP contribution is 2.07. The standard InChI is InChI=1S/C11H26N2/c1-8(2)9(3)6-13-7-10(4)11(5)12/h8-11,13H,6-7,12H2,1-5H3. The first-order chi connectivity index (χ1) is 5.95. The number of nitrogens with two attached hydrogens (primary N) is 1. The average Bonchev–Trinajstić information content (AvgIpc) is 2.03. The highest BCUT2D eigenvalue weighted by molar-refractivity contribution is 4.68. The molecule has 3 atom stereocenters. The third kappa shape index (κ3) is 6.05. The first-order valence-electron chi connectivity index (χ1n) is 5.41. The monoisotopic (exact) mass is 186 g/mol. The molecule has 0 saturated heterocycles. The van der Waals surface area contributed by atoms with Gasteiger partial charge in [0.2, 0.25) is 0 Å². The van der Waals surface area contributed by atoms with E-state index >= 15 is 0 Å². The molecule has 0 bridgehead atoms. The molecule has 0 aliphatic carbocycles. The van der Waals surface area contributed by atoms with E-state index in [0.717, 1.165) is 24.9 Å². The molecule has 3 N–H and O–H groups in total. The molecule has 0 aliphatic rings. The Kier molecular flexibility index (Phi) is 6.35. The minimum atomic E-state index is 0.293. The van der Waals surface area contributed by atoms with E-state index in [1.807, 2.05) is 0 Å². The second-order valence-corrected chi connectivity index (χ2v) is 4.72. The van der Waals surface area contributed by atoms with Crippen molar-refractivity contribution in [3.05, 3.63) is 0 Å². The number of hydrogen-bond donors (Lipinski definition) is 2. The summed E-state index contributed by atoms with van der Waals surface area (Å²) in [6.45, 7) is 13.2. The molecule has 0 spiro atoms. The van der Waals surface area contributed by atoms with Crippen LogP contribution in [0.5, 0.6) is 0 Å². The predicted molar refractivity (Wildman–Crippen MR) is 59.7 cm³/mol. The van der Waals surface area contributed by atoms with Crippen molar-refractivity contribution in [2.24, 2.45) is 23.5 Å². The molecule has 0 amide bonds. The lowest BCUT2D eigenvalue weighted by Gasteiger charge is -2.20. The molecule has 2 nitrogen and oxygen atoms in total. The van der Waals surface area contributed by atoms with Gasteiger partial charge in [0.1, 0.15) is 0 Å². The van der Waals surface area contributed by atoms with E-state index in [0.29, 0.717) is 12.0 Å². The normalized spacial score (nSPS) is 18.7. The highest BCUT2D eigenvalue weighted by atomic mass is 14.9. The van der Waals surface area contributed by atoms with Gasteiger partial charge in [0, 0.05) is 6.04 Å². The highest BCUT2D eigenvalue weighted by Gasteiger charge is 2.09. The molecule has 3 unspecified atom stereocenters. The van der Waals surface area contributed by atoms with Crippen LogP contribution in [0.4, 0.5) is 0 Å². The van der Waals surface area contributed by atoms with E-state index in [4.69, 9.17) is 5.73 Å². The van der Waals surface area contributed by atoms with Crippen molar-refractivity contribution in [3.63, 3.8) is 0 Å². The second-order valence-electron chi connectivity index (χ2n) is 4.72. The summed E-state index contributed by atoms with van der Waals surface area (Å²) < 4.78 is 0. The van der Waals surface area contributed by atoms with E-state index < -0.39 is 0 Å². The molecule has 13 heavy (non-hydrogen) atoms. The molecule has 80 valence electrons. The van der Waals surface area contributed by atoms with Crippen LogP contribution < -0.4 is 11.1 Å². The fraction of sp³-hybridized carbons (Fsp3) is 1.00. The second kappa shape index (κ2) is 6.39. The SMILES string of the molecule is CC(C)C(C)CNCC(C)C(C)N. The molecule has 0 radical (unpaired) electrons. The molecule has 0 rings (SSSR count). The van der Waals surface area contributed by atoms with Crippen molar-refractivity contribution in [2.75, 3.05) is 13.1 Å². The van der Waals surface area contributed by atoms with Gasteiger partial charge in [0.25, 0.3) is 0 Å². The Morgan fingerprint density at radius 2 is 1.38 bits per heavy atom. The van der Waals surface area contributed by atoms with Crippen molar-refractivity contribution in [2.45, 2.75) is 40.7 Å². The summed E-state index contributed by atoms with van der Waals surface area (Å²) in [5, 5.41) is 3.47. The molecule has 0 aromatic heterocycles. The summed E-state index contributed by atoms with van der Waals surface area (Å²) in [5.74, 6) is 2.08. The van der Waals surface area contributed by atoms with Gasteiger partial charge in [-0.3, -0.25) is 0 Å². The van der Waals surface area contributed by atoms with Crippen molar-refractivity contribution < 1.29 is 0 Å². The minimum Gasteiger partial charge on any atom is -0.328 e. The van der Waals surface area contributed by atoms with Gasteiger partial charge in [-0.2, -0.15) is 0 Å². The lowest BCUT2D eigenvalue weighted by atomic mass is 9.97. The van der Waals surface area contributed by atoms with E-state index in [-0.39, 0.29) is 0 Å². The Morgan fingerprint density at radius 1 is 0.923 bits per heavy atom. The van der Waals surface area contributed by atoms with E-state index in [1.165, 1.54) is 0 Å². The van der Waals surface area contributed by atoms with Crippen molar-refractivity contribution >= 4 is 0 Å². The summed E-state index contributed by atoms with van der Waals surface area (Å²) in [6, 6.07) is 0.293. The van der Waals surface area contributed by atoms with Crippen LogP contribution in [0.1, 0.15) is 34.6 Å². The average molecular weight is 186 g/mol. The summed E-state index contributed by atoms with van der Waals surface area (Å²) in [7, 11) is 0. The van der Waals surface area contributed by atoms with Crippen LogP contribution in [-0.4, -0.2) is 19.1 Å². The van der Waals surface area contributed by atoms with Crippen LogP contribution in [0.15, 0.2) is 0 Å². The maximum absolute atomic E-state index is 5.77. The summed E-state index contributed by atoms with van der Waals surface area (Å²) in [6.07, 6.45) is 0. The molecule has 2 heteroatoms. The molecule has 0 heterocycles. The summed E-state index contributed by atoms with van der Waals surface area (Å²) in [5.41, 5.74) is 5.77. The van der Waals surface area contributed by atoms with Gasteiger partial charge in [-0.15, -0.1) is 0 Å². The molecular weight excluding hydrogens is 160 g/mol. The Balaban J connectivity index is 3.45. The van der Waals surface area contributed by atoms with E-state index in [9.17, 15) is 0 Å². The maximum atomic E-state index is 5.77. The molecule has 0 aliphatic heterocycles. The number of rotatable bonds is 6.